The van der Waals surface area contributed by atoms with Crippen molar-refractivity contribution in [2.45, 2.75) is 12.8 Å². The van der Waals surface area contributed by atoms with Gasteiger partial charge in [0.25, 0.3) is 5.91 Å². The lowest BCUT2D eigenvalue weighted by Gasteiger charge is -2.14. The summed E-state index contributed by atoms with van der Waals surface area (Å²) in [6.45, 7) is 0.815. The van der Waals surface area contributed by atoms with Gasteiger partial charge >= 0.3 is 5.97 Å². The van der Waals surface area contributed by atoms with Crippen LogP contribution in [-0.4, -0.2) is 39.4 Å². The van der Waals surface area contributed by atoms with Gasteiger partial charge in [-0.25, -0.2) is 0 Å². The van der Waals surface area contributed by atoms with Gasteiger partial charge in [-0.3, -0.25) is 14.5 Å². The molecular formula is C25H19Cl2NO4S3. The van der Waals surface area contributed by atoms with E-state index in [4.69, 9.17) is 45.3 Å². The molecule has 2 heterocycles. The molecule has 0 atom stereocenters. The Morgan fingerprint density at radius 1 is 1.17 bits per heavy atom. The highest BCUT2D eigenvalue weighted by atomic mass is 35.5. The molecule has 0 bridgehead atoms. The maximum Gasteiger partial charge on any atom is 0.307 e. The SMILES string of the molecule is O=C(O)Cc1cccc(OCCCN2C(=O)/C(=C/c3cc(-c4ccc(Cl)cc4Cl)cs3)SC2=S)c1. The summed E-state index contributed by atoms with van der Waals surface area (Å²) in [4.78, 5) is 26.9. The van der Waals surface area contributed by atoms with E-state index in [0.29, 0.717) is 50.2 Å². The Labute approximate surface area is 226 Å². The summed E-state index contributed by atoms with van der Waals surface area (Å²) in [5.74, 6) is -0.414. The molecule has 1 aromatic heterocycles. The average Bonchev–Trinajstić information content (AvgIpc) is 3.36. The smallest absolute Gasteiger partial charge is 0.307 e. The number of carbonyl (C=O) groups is 2. The van der Waals surface area contributed by atoms with Crippen LogP contribution in [0.25, 0.3) is 17.2 Å². The number of carboxylic acids is 1. The van der Waals surface area contributed by atoms with E-state index >= 15 is 0 Å². The minimum atomic E-state index is -0.892. The summed E-state index contributed by atoms with van der Waals surface area (Å²) in [6, 6.07) is 14.4. The number of thiophene rings is 1. The molecule has 1 saturated heterocycles. The van der Waals surface area contributed by atoms with Crippen molar-refractivity contribution in [2.24, 2.45) is 0 Å². The summed E-state index contributed by atoms with van der Waals surface area (Å²) >= 11 is 20.5. The molecule has 1 aliphatic rings. The molecule has 4 rings (SSSR count). The van der Waals surface area contributed by atoms with Crippen LogP contribution in [-0.2, 0) is 16.0 Å². The van der Waals surface area contributed by atoms with E-state index in [1.165, 1.54) is 23.1 Å². The number of nitrogens with zero attached hydrogens (tertiary/aromatic N) is 1. The highest BCUT2D eigenvalue weighted by molar-refractivity contribution is 8.26. The Hall–Kier alpha value is -2.36. The van der Waals surface area contributed by atoms with Gasteiger partial charge in [-0.2, -0.15) is 0 Å². The third-order valence-electron chi connectivity index (χ3n) is 5.06. The zero-order valence-corrected chi connectivity index (χ0v) is 22.2. The number of benzene rings is 2. The molecule has 0 spiro atoms. The van der Waals surface area contributed by atoms with Crippen molar-refractivity contribution >= 4 is 80.8 Å². The topological polar surface area (TPSA) is 66.8 Å². The third-order valence-corrected chi connectivity index (χ3v) is 7.86. The monoisotopic (exact) mass is 563 g/mol. The van der Waals surface area contributed by atoms with Crippen molar-refractivity contribution in [3.8, 4) is 16.9 Å². The molecule has 1 aliphatic heterocycles. The first-order chi connectivity index (χ1) is 16.8. The van der Waals surface area contributed by atoms with Gasteiger partial charge in [0, 0.05) is 27.0 Å². The van der Waals surface area contributed by atoms with Crippen molar-refractivity contribution in [1.29, 1.82) is 0 Å². The molecular weight excluding hydrogens is 545 g/mol. The number of thioether (sulfide) groups is 1. The van der Waals surface area contributed by atoms with Crippen LogP contribution >= 0.6 is 58.5 Å². The number of hydrogen-bond donors (Lipinski definition) is 1. The molecule has 0 radical (unpaired) electrons. The van der Waals surface area contributed by atoms with E-state index in [9.17, 15) is 9.59 Å². The Morgan fingerprint density at radius 2 is 2.00 bits per heavy atom. The largest absolute Gasteiger partial charge is 0.494 e. The second kappa shape index (κ2) is 11.6. The number of amides is 1. The normalized spacial score (nSPS) is 14.7. The summed E-state index contributed by atoms with van der Waals surface area (Å²) in [5.41, 5.74) is 2.52. The molecule has 0 saturated carbocycles. The number of thiocarbonyl (C=S) groups is 1. The quantitative estimate of drug-likeness (QED) is 0.171. The predicted molar refractivity (Wildman–Crippen MR) is 148 cm³/mol. The van der Waals surface area contributed by atoms with Crippen molar-refractivity contribution in [3.63, 3.8) is 0 Å². The highest BCUT2D eigenvalue weighted by Crippen LogP contribution is 2.37. The first-order valence-electron chi connectivity index (χ1n) is 10.5. The fraction of sp³-hybridized carbons (Fsp3) is 0.160. The summed E-state index contributed by atoms with van der Waals surface area (Å²) in [6.07, 6.45) is 2.38. The molecule has 0 unspecified atom stereocenters. The third kappa shape index (κ3) is 6.65. The summed E-state index contributed by atoms with van der Waals surface area (Å²) in [7, 11) is 0. The second-order valence-electron chi connectivity index (χ2n) is 7.62. The minimum absolute atomic E-state index is 0.0570. The van der Waals surface area contributed by atoms with Crippen LogP contribution in [0.3, 0.4) is 0 Å². The Bertz CT molecular complexity index is 1320. The average molecular weight is 565 g/mol. The number of hydrogen-bond acceptors (Lipinski definition) is 6. The van der Waals surface area contributed by atoms with Crippen LogP contribution in [0.2, 0.25) is 10.0 Å². The Kier molecular flexibility index (Phi) is 8.51. The molecule has 1 N–H and O–H groups in total. The van der Waals surface area contributed by atoms with Crippen LogP contribution in [0.1, 0.15) is 16.9 Å². The van der Waals surface area contributed by atoms with Crippen LogP contribution in [0.5, 0.6) is 5.75 Å². The second-order valence-corrected chi connectivity index (χ2v) is 11.1. The van der Waals surface area contributed by atoms with Crippen molar-refractivity contribution in [3.05, 3.63) is 79.3 Å². The molecule has 2 aromatic carbocycles. The first-order valence-corrected chi connectivity index (χ1v) is 13.4. The fourth-order valence-electron chi connectivity index (χ4n) is 3.45. The van der Waals surface area contributed by atoms with E-state index < -0.39 is 5.97 Å². The molecule has 1 amide bonds. The Morgan fingerprint density at radius 3 is 2.77 bits per heavy atom. The maximum absolute atomic E-state index is 12.9. The standard InChI is InChI=1S/C25H19Cl2NO4S3/c26-17-5-6-20(21(27)12-17)16-11-19(34-14-16)13-22-24(31)28(25(33)35-22)7-2-8-32-18-4-1-3-15(9-18)10-23(29)30/h1,3-6,9,11-14H,2,7-8,10H2,(H,29,30)/b22-13-. The molecule has 180 valence electrons. The molecule has 10 heteroatoms. The van der Waals surface area contributed by atoms with E-state index in [-0.39, 0.29) is 12.3 Å². The molecule has 3 aromatic rings. The van der Waals surface area contributed by atoms with E-state index in [1.807, 2.05) is 23.6 Å². The summed E-state index contributed by atoms with van der Waals surface area (Å²) < 4.78 is 6.25. The van der Waals surface area contributed by atoms with Crippen LogP contribution < -0.4 is 4.74 Å². The Balaban J connectivity index is 1.34. The number of rotatable bonds is 9. The van der Waals surface area contributed by atoms with Crippen molar-refractivity contribution in [2.75, 3.05) is 13.2 Å². The van der Waals surface area contributed by atoms with Crippen LogP contribution in [0, 0.1) is 0 Å². The number of ether oxygens (including phenoxy) is 1. The van der Waals surface area contributed by atoms with Crippen molar-refractivity contribution in [1.82, 2.24) is 4.90 Å². The highest BCUT2D eigenvalue weighted by Gasteiger charge is 2.31. The maximum atomic E-state index is 12.9. The molecule has 35 heavy (non-hydrogen) atoms. The van der Waals surface area contributed by atoms with E-state index in [0.717, 1.165) is 16.0 Å². The number of carboxylic acid groups (broad SMARTS) is 1. The van der Waals surface area contributed by atoms with E-state index in [2.05, 4.69) is 0 Å². The zero-order chi connectivity index (χ0) is 24.9. The van der Waals surface area contributed by atoms with Gasteiger partial charge in [-0.15, -0.1) is 11.3 Å². The van der Waals surface area contributed by atoms with Gasteiger partial charge in [-0.1, -0.05) is 65.4 Å². The van der Waals surface area contributed by atoms with Crippen molar-refractivity contribution < 1.29 is 19.4 Å². The van der Waals surface area contributed by atoms with Crippen LogP contribution in [0.4, 0.5) is 0 Å². The molecule has 0 aliphatic carbocycles. The van der Waals surface area contributed by atoms with Gasteiger partial charge in [-0.05, 0) is 59.3 Å². The van der Waals surface area contributed by atoms with Gasteiger partial charge in [0.2, 0.25) is 0 Å². The van der Waals surface area contributed by atoms with Gasteiger partial charge < -0.3 is 9.84 Å². The van der Waals surface area contributed by atoms with Crippen LogP contribution in [0.15, 0.2) is 58.8 Å². The molecule has 5 nitrogen and oxygen atoms in total. The fourth-order valence-corrected chi connectivity index (χ4v) is 6.18. The number of aliphatic carboxylic acids is 1. The van der Waals surface area contributed by atoms with E-state index in [1.54, 1.807) is 41.3 Å². The minimum Gasteiger partial charge on any atom is -0.494 e. The van der Waals surface area contributed by atoms with Gasteiger partial charge in [0.05, 0.1) is 17.9 Å². The molecule has 1 fully saturated rings. The lowest BCUT2D eigenvalue weighted by atomic mass is 10.1. The first kappa shape index (κ1) is 25.7. The van der Waals surface area contributed by atoms with Gasteiger partial charge in [0.15, 0.2) is 0 Å². The summed E-state index contributed by atoms with van der Waals surface area (Å²) in [5, 5.41) is 12.1. The number of halogens is 2. The number of carbonyl (C=O) groups excluding carboxylic acids is 1. The predicted octanol–water partition coefficient (Wildman–Crippen LogP) is 7.02. The van der Waals surface area contributed by atoms with Gasteiger partial charge in [0.1, 0.15) is 10.1 Å². The lowest BCUT2D eigenvalue weighted by molar-refractivity contribution is -0.136. The lowest BCUT2D eigenvalue weighted by Crippen LogP contribution is -2.29. The zero-order valence-electron chi connectivity index (χ0n) is 18.2.